The van der Waals surface area contributed by atoms with Crippen molar-refractivity contribution in [1.82, 2.24) is 15.2 Å². The van der Waals surface area contributed by atoms with Crippen molar-refractivity contribution in [2.45, 2.75) is 26.3 Å². The van der Waals surface area contributed by atoms with Crippen LogP contribution >= 0.6 is 0 Å². The summed E-state index contributed by atoms with van der Waals surface area (Å²) in [6.07, 6.45) is 2.56. The molecular formula is C20H29N3O3. The molecule has 1 atom stereocenters. The lowest BCUT2D eigenvalue weighted by atomic mass is 9.99. The minimum absolute atomic E-state index is 0.570. The molecule has 26 heavy (non-hydrogen) atoms. The number of methoxy groups -OCH3 is 2. The van der Waals surface area contributed by atoms with Crippen molar-refractivity contribution in [1.29, 1.82) is 0 Å². The number of nitrogens with zero attached hydrogens (tertiary/aromatic N) is 2. The molecule has 1 aliphatic heterocycles. The number of piperidine rings is 1. The van der Waals surface area contributed by atoms with E-state index in [0.29, 0.717) is 11.8 Å². The van der Waals surface area contributed by atoms with Gasteiger partial charge in [0.15, 0.2) is 0 Å². The average Bonchev–Trinajstić information content (AvgIpc) is 3.02. The third-order valence-corrected chi connectivity index (χ3v) is 4.92. The number of oxazole rings is 1. The summed E-state index contributed by atoms with van der Waals surface area (Å²) >= 11 is 0. The smallest absolute Gasteiger partial charge is 0.230 e. The molecule has 2 aromatic rings. The quantitative estimate of drug-likeness (QED) is 0.820. The number of aryl methyl sites for hydroxylation is 1. The van der Waals surface area contributed by atoms with E-state index in [1.54, 1.807) is 14.2 Å². The number of ether oxygens (including phenoxy) is 2. The van der Waals surface area contributed by atoms with E-state index in [-0.39, 0.29) is 0 Å². The first-order chi connectivity index (χ1) is 12.6. The van der Waals surface area contributed by atoms with Crippen molar-refractivity contribution in [2.24, 2.45) is 5.92 Å². The molecule has 0 saturated carbocycles. The summed E-state index contributed by atoms with van der Waals surface area (Å²) in [4.78, 5) is 7.07. The van der Waals surface area contributed by atoms with E-state index in [0.717, 1.165) is 54.7 Å². The van der Waals surface area contributed by atoms with Gasteiger partial charge >= 0.3 is 0 Å². The van der Waals surface area contributed by atoms with Crippen LogP contribution in [0.2, 0.25) is 0 Å². The van der Waals surface area contributed by atoms with Gasteiger partial charge in [-0.3, -0.25) is 0 Å². The molecule has 2 heterocycles. The van der Waals surface area contributed by atoms with Crippen LogP contribution in [0.5, 0.6) is 11.5 Å². The third-order valence-electron chi connectivity index (χ3n) is 4.92. The fourth-order valence-electron chi connectivity index (χ4n) is 3.51. The van der Waals surface area contributed by atoms with Crippen LogP contribution in [0.4, 0.5) is 0 Å². The summed E-state index contributed by atoms with van der Waals surface area (Å²) in [7, 11) is 5.44. The molecule has 3 rings (SSSR count). The highest BCUT2D eigenvalue weighted by molar-refractivity contribution is 5.65. The van der Waals surface area contributed by atoms with Gasteiger partial charge in [-0.2, -0.15) is 0 Å². The number of benzene rings is 1. The van der Waals surface area contributed by atoms with Crippen molar-refractivity contribution in [3.8, 4) is 23.0 Å². The minimum Gasteiger partial charge on any atom is -0.497 e. The zero-order valence-corrected chi connectivity index (χ0v) is 16.2. The second kappa shape index (κ2) is 8.56. The lowest BCUT2D eigenvalue weighted by molar-refractivity contribution is 0.235. The molecule has 6 heteroatoms. The first-order valence-electron chi connectivity index (χ1n) is 9.18. The van der Waals surface area contributed by atoms with Crippen LogP contribution in [-0.4, -0.2) is 50.8 Å². The Hall–Kier alpha value is -2.05. The molecule has 142 valence electrons. The highest BCUT2D eigenvalue weighted by Gasteiger charge is 2.19. The van der Waals surface area contributed by atoms with Crippen molar-refractivity contribution in [2.75, 3.05) is 40.9 Å². The Bertz CT molecular complexity index is 723. The van der Waals surface area contributed by atoms with E-state index in [2.05, 4.69) is 17.3 Å². The zero-order valence-electron chi connectivity index (χ0n) is 16.2. The van der Waals surface area contributed by atoms with Gasteiger partial charge in [-0.15, -0.1) is 0 Å². The summed E-state index contributed by atoms with van der Waals surface area (Å²) in [6, 6.07) is 5.63. The molecule has 0 amide bonds. The molecule has 6 nitrogen and oxygen atoms in total. The predicted octanol–water partition coefficient (Wildman–Crippen LogP) is 3.10. The maximum absolute atomic E-state index is 5.95. The van der Waals surface area contributed by atoms with Crippen molar-refractivity contribution in [3.63, 3.8) is 0 Å². The van der Waals surface area contributed by atoms with Crippen molar-refractivity contribution < 1.29 is 13.9 Å². The predicted molar refractivity (Wildman–Crippen MR) is 102 cm³/mol. The largest absolute Gasteiger partial charge is 0.497 e. The van der Waals surface area contributed by atoms with E-state index >= 15 is 0 Å². The van der Waals surface area contributed by atoms with Crippen LogP contribution in [-0.2, 0) is 6.54 Å². The molecule has 0 unspecified atom stereocenters. The van der Waals surface area contributed by atoms with Crippen LogP contribution in [0.3, 0.4) is 0 Å². The summed E-state index contributed by atoms with van der Waals surface area (Å²) in [6.45, 7) is 6.06. The van der Waals surface area contributed by atoms with Gasteiger partial charge in [0.1, 0.15) is 17.3 Å². The Kier molecular flexibility index (Phi) is 6.16. The number of aromatic nitrogens is 1. The fraction of sp³-hybridized carbons (Fsp3) is 0.550. The molecule has 0 radical (unpaired) electrons. The first-order valence-corrected chi connectivity index (χ1v) is 9.18. The Labute approximate surface area is 155 Å². The number of hydrogen-bond acceptors (Lipinski definition) is 6. The van der Waals surface area contributed by atoms with Crippen LogP contribution in [0.25, 0.3) is 11.5 Å². The highest BCUT2D eigenvalue weighted by Crippen LogP contribution is 2.34. The average molecular weight is 359 g/mol. The van der Waals surface area contributed by atoms with Gasteiger partial charge in [-0.05, 0) is 64.0 Å². The fourth-order valence-corrected chi connectivity index (χ4v) is 3.51. The normalized spacial score (nSPS) is 17.5. The van der Waals surface area contributed by atoms with Gasteiger partial charge in [0.25, 0.3) is 0 Å². The van der Waals surface area contributed by atoms with Crippen LogP contribution < -0.4 is 14.8 Å². The Morgan fingerprint density at radius 1 is 1.31 bits per heavy atom. The second-order valence-electron chi connectivity index (χ2n) is 7.00. The SMILES string of the molecule is COc1ccc(OC)c(-c2nc(CN(C)C[C@H]3CCCNC3)c(C)o2)c1. The lowest BCUT2D eigenvalue weighted by Crippen LogP contribution is -2.36. The van der Waals surface area contributed by atoms with Crippen molar-refractivity contribution in [3.05, 3.63) is 29.7 Å². The van der Waals surface area contributed by atoms with E-state index in [1.165, 1.54) is 12.8 Å². The highest BCUT2D eigenvalue weighted by atomic mass is 16.5. The zero-order chi connectivity index (χ0) is 18.5. The molecule has 1 N–H and O–H groups in total. The van der Waals surface area contributed by atoms with Crippen LogP contribution in [0.15, 0.2) is 22.6 Å². The van der Waals surface area contributed by atoms with Crippen LogP contribution in [0.1, 0.15) is 24.3 Å². The van der Waals surface area contributed by atoms with E-state index in [4.69, 9.17) is 18.9 Å². The maximum Gasteiger partial charge on any atom is 0.230 e. The van der Waals surface area contributed by atoms with Gasteiger partial charge in [-0.1, -0.05) is 0 Å². The van der Waals surface area contributed by atoms with Gasteiger partial charge in [0.05, 0.1) is 25.5 Å². The van der Waals surface area contributed by atoms with Gasteiger partial charge in [0, 0.05) is 13.1 Å². The Morgan fingerprint density at radius 2 is 2.15 bits per heavy atom. The summed E-state index contributed by atoms with van der Waals surface area (Å²) in [5, 5.41) is 3.48. The summed E-state index contributed by atoms with van der Waals surface area (Å²) < 4.78 is 16.7. The molecule has 1 aromatic heterocycles. The summed E-state index contributed by atoms with van der Waals surface area (Å²) in [5.74, 6) is 3.60. The van der Waals surface area contributed by atoms with Gasteiger partial charge in [0.2, 0.25) is 5.89 Å². The number of hydrogen-bond donors (Lipinski definition) is 1. The second-order valence-corrected chi connectivity index (χ2v) is 7.00. The number of nitrogens with one attached hydrogen (secondary N) is 1. The lowest BCUT2D eigenvalue weighted by Gasteiger charge is -2.27. The molecule has 1 aromatic carbocycles. The molecule has 1 aliphatic rings. The van der Waals surface area contributed by atoms with E-state index in [1.807, 2.05) is 25.1 Å². The van der Waals surface area contributed by atoms with E-state index in [9.17, 15) is 0 Å². The maximum atomic E-state index is 5.95. The molecule has 1 fully saturated rings. The monoisotopic (exact) mass is 359 g/mol. The molecule has 1 saturated heterocycles. The topological polar surface area (TPSA) is 59.8 Å². The van der Waals surface area contributed by atoms with Crippen LogP contribution in [0, 0.1) is 12.8 Å². The third kappa shape index (κ3) is 4.37. The first kappa shape index (κ1) is 18.7. The van der Waals surface area contributed by atoms with Gasteiger partial charge in [-0.25, -0.2) is 4.98 Å². The summed E-state index contributed by atoms with van der Waals surface area (Å²) in [5.41, 5.74) is 1.77. The standard InChI is InChI=1S/C20H29N3O3/c1-14-18(13-23(2)12-15-6-5-9-21-11-15)22-20(26-14)17-10-16(24-3)7-8-19(17)25-4/h7-8,10,15,21H,5-6,9,11-13H2,1-4H3/t15-/m0/s1. The Balaban J connectivity index is 1.74. The van der Waals surface area contributed by atoms with E-state index < -0.39 is 0 Å². The minimum atomic E-state index is 0.570. The Morgan fingerprint density at radius 3 is 2.85 bits per heavy atom. The molecular weight excluding hydrogens is 330 g/mol. The number of rotatable bonds is 7. The van der Waals surface area contributed by atoms with Crippen molar-refractivity contribution >= 4 is 0 Å². The molecule has 0 bridgehead atoms. The molecule has 0 spiro atoms. The van der Waals surface area contributed by atoms with Gasteiger partial charge < -0.3 is 24.1 Å². The molecule has 0 aliphatic carbocycles.